The van der Waals surface area contributed by atoms with Gasteiger partial charge in [-0.15, -0.1) is 0 Å². The summed E-state index contributed by atoms with van der Waals surface area (Å²) in [7, 11) is 0. The molecule has 1 aromatic heterocycles. The van der Waals surface area contributed by atoms with Crippen LogP contribution in [0.2, 0.25) is 0 Å². The smallest absolute Gasteiger partial charge is 0.324 e. The van der Waals surface area contributed by atoms with Crippen LogP contribution in [0.3, 0.4) is 0 Å². The summed E-state index contributed by atoms with van der Waals surface area (Å²) in [5.41, 5.74) is 0. The summed E-state index contributed by atoms with van der Waals surface area (Å²) in [5, 5.41) is 3.34. The van der Waals surface area contributed by atoms with E-state index in [0.29, 0.717) is 19.2 Å². The van der Waals surface area contributed by atoms with Gasteiger partial charge in [-0.2, -0.15) is 0 Å². The Morgan fingerprint density at radius 2 is 2.39 bits per heavy atom. The number of aryl methyl sites for hydroxylation is 1. The number of esters is 1. The van der Waals surface area contributed by atoms with Crippen LogP contribution in [0, 0.1) is 0 Å². The molecule has 0 radical (unpaired) electrons. The summed E-state index contributed by atoms with van der Waals surface area (Å²) in [6.45, 7) is 4.91. The van der Waals surface area contributed by atoms with Gasteiger partial charge in [0, 0.05) is 31.4 Å². The van der Waals surface area contributed by atoms with Crippen LogP contribution in [0.1, 0.15) is 32.5 Å². The molecule has 1 saturated carbocycles. The predicted octanol–water partition coefficient (Wildman–Crippen LogP) is 1.13. The van der Waals surface area contributed by atoms with Gasteiger partial charge in [0.25, 0.3) is 0 Å². The minimum Gasteiger partial charge on any atom is -0.465 e. The molecule has 2 rings (SSSR count). The Morgan fingerprint density at radius 3 is 3.00 bits per heavy atom. The fourth-order valence-electron chi connectivity index (χ4n) is 1.99. The summed E-state index contributed by atoms with van der Waals surface area (Å²) < 4.78 is 7.14. The standard InChI is InChI=1S/C13H21N3O2/c1-3-12-14-7-8-16(12)9-11(13(17)18-4-2)15-10-5-6-10/h7-8,10-11,15H,3-6,9H2,1-2H3. The first kappa shape index (κ1) is 13.1. The minimum atomic E-state index is -0.267. The molecule has 0 aromatic carbocycles. The summed E-state index contributed by atoms with van der Waals surface area (Å²) >= 11 is 0. The van der Waals surface area contributed by atoms with Crippen LogP contribution in [0.5, 0.6) is 0 Å². The molecule has 1 aromatic rings. The topological polar surface area (TPSA) is 56.2 Å². The SMILES string of the molecule is CCOC(=O)C(Cn1ccnc1CC)NC1CC1. The third-order valence-electron chi connectivity index (χ3n) is 3.08. The van der Waals surface area contributed by atoms with Gasteiger partial charge in [0.05, 0.1) is 6.61 Å². The lowest BCUT2D eigenvalue weighted by Crippen LogP contribution is -2.42. The average molecular weight is 251 g/mol. The van der Waals surface area contributed by atoms with Gasteiger partial charge in [-0.05, 0) is 19.8 Å². The molecular weight excluding hydrogens is 230 g/mol. The Morgan fingerprint density at radius 1 is 1.61 bits per heavy atom. The molecule has 0 bridgehead atoms. The Kier molecular flexibility index (Phi) is 4.36. The quantitative estimate of drug-likeness (QED) is 0.738. The number of carbonyl (C=O) groups excluding carboxylic acids is 1. The third kappa shape index (κ3) is 3.32. The van der Waals surface area contributed by atoms with E-state index in [0.717, 1.165) is 25.1 Å². The second-order valence-electron chi connectivity index (χ2n) is 4.59. The first-order valence-electron chi connectivity index (χ1n) is 6.67. The van der Waals surface area contributed by atoms with E-state index in [4.69, 9.17) is 4.74 Å². The fraction of sp³-hybridized carbons (Fsp3) is 0.692. The van der Waals surface area contributed by atoms with Crippen LogP contribution in [0.4, 0.5) is 0 Å². The van der Waals surface area contributed by atoms with Crippen molar-refractivity contribution < 1.29 is 9.53 Å². The number of carbonyl (C=O) groups is 1. The highest BCUT2D eigenvalue weighted by molar-refractivity contribution is 5.75. The van der Waals surface area contributed by atoms with Crippen LogP contribution in [-0.4, -0.2) is 34.2 Å². The van der Waals surface area contributed by atoms with Gasteiger partial charge in [-0.3, -0.25) is 4.79 Å². The predicted molar refractivity (Wildman–Crippen MR) is 68.2 cm³/mol. The third-order valence-corrected chi connectivity index (χ3v) is 3.08. The maximum absolute atomic E-state index is 11.9. The van der Waals surface area contributed by atoms with E-state index in [-0.39, 0.29) is 12.0 Å². The van der Waals surface area contributed by atoms with Gasteiger partial charge in [0.2, 0.25) is 0 Å². The molecule has 5 nitrogen and oxygen atoms in total. The molecule has 5 heteroatoms. The minimum absolute atomic E-state index is 0.167. The van der Waals surface area contributed by atoms with Gasteiger partial charge in [0.1, 0.15) is 11.9 Å². The lowest BCUT2D eigenvalue weighted by Gasteiger charge is -2.18. The number of ether oxygens (including phenoxy) is 1. The summed E-state index contributed by atoms with van der Waals surface area (Å²) in [4.78, 5) is 16.2. The zero-order valence-corrected chi connectivity index (χ0v) is 11.1. The van der Waals surface area contributed by atoms with E-state index in [2.05, 4.69) is 17.2 Å². The zero-order valence-electron chi connectivity index (χ0n) is 11.1. The monoisotopic (exact) mass is 251 g/mol. The molecule has 1 unspecified atom stereocenters. The van der Waals surface area contributed by atoms with E-state index in [1.807, 2.05) is 17.7 Å². The van der Waals surface area contributed by atoms with E-state index >= 15 is 0 Å². The first-order valence-corrected chi connectivity index (χ1v) is 6.67. The van der Waals surface area contributed by atoms with Gasteiger partial charge >= 0.3 is 5.97 Å². The molecule has 0 amide bonds. The van der Waals surface area contributed by atoms with Crippen LogP contribution < -0.4 is 5.32 Å². The van der Waals surface area contributed by atoms with Crippen molar-refractivity contribution in [2.45, 2.75) is 51.7 Å². The molecule has 1 fully saturated rings. The Hall–Kier alpha value is -1.36. The van der Waals surface area contributed by atoms with Crippen molar-refractivity contribution in [2.75, 3.05) is 6.61 Å². The highest BCUT2D eigenvalue weighted by Gasteiger charge is 2.29. The van der Waals surface area contributed by atoms with E-state index < -0.39 is 0 Å². The van der Waals surface area contributed by atoms with E-state index in [1.165, 1.54) is 0 Å². The maximum atomic E-state index is 11.9. The number of nitrogens with zero attached hydrogens (tertiary/aromatic N) is 2. The van der Waals surface area contributed by atoms with Crippen LogP contribution in [-0.2, 0) is 22.5 Å². The second-order valence-corrected chi connectivity index (χ2v) is 4.59. The summed E-state index contributed by atoms with van der Waals surface area (Å²) in [6, 6.07) is 0.213. The number of imidazole rings is 1. The van der Waals surface area contributed by atoms with Crippen molar-refractivity contribution in [2.24, 2.45) is 0 Å². The number of rotatable bonds is 7. The first-order chi connectivity index (χ1) is 8.74. The lowest BCUT2D eigenvalue weighted by molar-refractivity contribution is -0.146. The second kappa shape index (κ2) is 6.00. The van der Waals surface area contributed by atoms with E-state index in [1.54, 1.807) is 6.20 Å². The van der Waals surface area contributed by atoms with Crippen LogP contribution >= 0.6 is 0 Å². The summed E-state index contributed by atoms with van der Waals surface area (Å²) in [6.07, 6.45) is 6.87. The normalized spacial score (nSPS) is 16.6. The molecule has 18 heavy (non-hydrogen) atoms. The fourth-order valence-corrected chi connectivity index (χ4v) is 1.99. The molecule has 1 heterocycles. The number of aromatic nitrogens is 2. The van der Waals surface area contributed by atoms with Gasteiger partial charge in [-0.25, -0.2) is 4.98 Å². The Bertz CT molecular complexity index is 399. The van der Waals surface area contributed by atoms with Crippen molar-refractivity contribution >= 4 is 5.97 Å². The van der Waals surface area contributed by atoms with Crippen molar-refractivity contribution in [3.05, 3.63) is 18.2 Å². The van der Waals surface area contributed by atoms with Crippen molar-refractivity contribution in [1.82, 2.24) is 14.9 Å². The molecule has 0 aliphatic heterocycles. The number of nitrogens with one attached hydrogen (secondary N) is 1. The van der Waals surface area contributed by atoms with Gasteiger partial charge in [0.15, 0.2) is 0 Å². The van der Waals surface area contributed by atoms with Gasteiger partial charge in [-0.1, -0.05) is 6.92 Å². The molecule has 1 aliphatic rings. The van der Waals surface area contributed by atoms with Crippen LogP contribution in [0.15, 0.2) is 12.4 Å². The number of hydrogen-bond acceptors (Lipinski definition) is 4. The highest BCUT2D eigenvalue weighted by Crippen LogP contribution is 2.20. The largest absolute Gasteiger partial charge is 0.465 e. The number of hydrogen-bond donors (Lipinski definition) is 1. The Balaban J connectivity index is 2.01. The van der Waals surface area contributed by atoms with Crippen molar-refractivity contribution in [3.63, 3.8) is 0 Å². The maximum Gasteiger partial charge on any atom is 0.324 e. The molecular formula is C13H21N3O2. The molecule has 1 atom stereocenters. The Labute approximate surface area is 108 Å². The lowest BCUT2D eigenvalue weighted by atomic mass is 10.2. The summed E-state index contributed by atoms with van der Waals surface area (Å²) in [5.74, 6) is 0.835. The van der Waals surface area contributed by atoms with Crippen molar-refractivity contribution in [3.8, 4) is 0 Å². The molecule has 0 saturated heterocycles. The molecule has 100 valence electrons. The average Bonchev–Trinajstić information content (AvgIpc) is 3.06. The zero-order chi connectivity index (χ0) is 13.0. The molecule has 1 aliphatic carbocycles. The molecule has 0 spiro atoms. The van der Waals surface area contributed by atoms with E-state index in [9.17, 15) is 4.79 Å². The van der Waals surface area contributed by atoms with Gasteiger partial charge < -0.3 is 14.6 Å². The van der Waals surface area contributed by atoms with Crippen molar-refractivity contribution in [1.29, 1.82) is 0 Å². The van der Waals surface area contributed by atoms with Crippen LogP contribution in [0.25, 0.3) is 0 Å². The molecule has 1 N–H and O–H groups in total. The highest BCUT2D eigenvalue weighted by atomic mass is 16.5.